The molecule has 0 saturated heterocycles. The first kappa shape index (κ1) is 24.0. The number of carbonyl (C=O) groups excluding carboxylic acids is 3. The third-order valence-electron chi connectivity index (χ3n) is 4.75. The molecule has 9 nitrogen and oxygen atoms in total. The maximum Gasteiger partial charge on any atom is 0.372 e. The molecule has 0 aliphatic rings. The van der Waals surface area contributed by atoms with Crippen LogP contribution < -0.4 is 5.32 Å². The van der Waals surface area contributed by atoms with Crippen molar-refractivity contribution in [1.82, 2.24) is 10.3 Å². The standard InChI is InChI=1S/C22H28N4O5/c1-13(2)31-22(29)19(8-6-16(27)12-25-23)26-21(28)20(30-4)10-15-11-24-18-7-5-14(3)9-17(15)18/h5,7,9,11-13,19-20,23-24H,6,8,10H2,1-4H3/p+1/t19-,20-/m0/s1. The minimum absolute atomic E-state index is 0.0326. The predicted octanol–water partition coefficient (Wildman–Crippen LogP) is 2.13. The topological polar surface area (TPSA) is 135 Å². The van der Waals surface area contributed by atoms with Gasteiger partial charge in [-0.25, -0.2) is 4.79 Å². The largest absolute Gasteiger partial charge is 0.461 e. The molecule has 1 aromatic carbocycles. The molecule has 0 unspecified atom stereocenters. The van der Waals surface area contributed by atoms with Gasteiger partial charge in [0, 0.05) is 37.1 Å². The number of aryl methyl sites for hydroxylation is 1. The van der Waals surface area contributed by atoms with Crippen LogP contribution in [0.5, 0.6) is 0 Å². The summed E-state index contributed by atoms with van der Waals surface area (Å²) in [6.45, 7) is 5.39. The average Bonchev–Trinajstić information content (AvgIpc) is 3.10. The predicted molar refractivity (Wildman–Crippen MR) is 114 cm³/mol. The zero-order chi connectivity index (χ0) is 23.0. The minimum Gasteiger partial charge on any atom is -0.461 e. The summed E-state index contributed by atoms with van der Waals surface area (Å²) in [5.74, 6) is -1.52. The molecule has 2 aromatic rings. The third-order valence-corrected chi connectivity index (χ3v) is 4.75. The van der Waals surface area contributed by atoms with Gasteiger partial charge in [0.1, 0.15) is 12.1 Å². The summed E-state index contributed by atoms with van der Waals surface area (Å²) in [4.78, 5) is 43.1. The number of nitrogens with zero attached hydrogens (tertiary/aromatic N) is 1. The van der Waals surface area contributed by atoms with Gasteiger partial charge in [-0.2, -0.15) is 0 Å². The van der Waals surface area contributed by atoms with Crippen molar-refractivity contribution < 1.29 is 28.6 Å². The van der Waals surface area contributed by atoms with Gasteiger partial charge < -0.3 is 19.8 Å². The van der Waals surface area contributed by atoms with Crippen molar-refractivity contribution in [2.24, 2.45) is 0 Å². The zero-order valence-corrected chi connectivity index (χ0v) is 18.2. The number of ketones is 1. The van der Waals surface area contributed by atoms with Crippen LogP contribution in [-0.4, -0.2) is 59.0 Å². The second kappa shape index (κ2) is 11.2. The highest BCUT2D eigenvalue weighted by Gasteiger charge is 2.28. The first-order valence-electron chi connectivity index (χ1n) is 10.1. The minimum atomic E-state index is -1.01. The quantitative estimate of drug-likeness (QED) is 0.218. The van der Waals surface area contributed by atoms with Crippen LogP contribution in [-0.2, 0) is 30.3 Å². The van der Waals surface area contributed by atoms with E-state index in [1.54, 1.807) is 13.8 Å². The second-order valence-corrected chi connectivity index (χ2v) is 7.60. The number of aromatic nitrogens is 1. The Hall–Kier alpha value is -3.29. The number of benzene rings is 1. The summed E-state index contributed by atoms with van der Waals surface area (Å²) in [6, 6.07) is 5.00. The lowest BCUT2D eigenvalue weighted by molar-refractivity contribution is -0.152. The van der Waals surface area contributed by atoms with Crippen molar-refractivity contribution in [3.05, 3.63) is 35.5 Å². The van der Waals surface area contributed by atoms with E-state index in [9.17, 15) is 14.4 Å². The fourth-order valence-corrected chi connectivity index (χ4v) is 3.20. The third kappa shape index (κ3) is 6.87. The summed E-state index contributed by atoms with van der Waals surface area (Å²) in [5.41, 5.74) is 9.71. The first-order valence-corrected chi connectivity index (χ1v) is 10.1. The number of nitrogens with one attached hydrogen (secondary N) is 3. The summed E-state index contributed by atoms with van der Waals surface area (Å²) >= 11 is 0. The Bertz CT molecular complexity index is 991. The molecule has 0 bridgehead atoms. The van der Waals surface area contributed by atoms with Gasteiger partial charge in [0.15, 0.2) is 0 Å². The van der Waals surface area contributed by atoms with Crippen LogP contribution in [0.4, 0.5) is 0 Å². The molecule has 166 valence electrons. The van der Waals surface area contributed by atoms with E-state index in [2.05, 4.69) is 15.1 Å². The molecule has 31 heavy (non-hydrogen) atoms. The Morgan fingerprint density at radius 2 is 2.03 bits per heavy atom. The molecule has 3 N–H and O–H groups in total. The average molecular weight is 429 g/mol. The number of hydrogen-bond donors (Lipinski definition) is 3. The van der Waals surface area contributed by atoms with Crippen molar-refractivity contribution in [2.75, 3.05) is 7.11 Å². The van der Waals surface area contributed by atoms with Gasteiger partial charge >= 0.3 is 12.2 Å². The summed E-state index contributed by atoms with van der Waals surface area (Å²) in [6.07, 6.45) is 1.79. The van der Waals surface area contributed by atoms with Gasteiger partial charge in [0.05, 0.1) is 16.4 Å². The molecule has 2 atom stereocenters. The SMILES string of the molecule is CO[C@@H](Cc1c[nH]c2ccc(C)cc12)C(=O)N[C@@H](CCC(=O)C=[N+]=N)C(=O)OC(C)C. The van der Waals surface area contributed by atoms with E-state index >= 15 is 0 Å². The number of esters is 1. The van der Waals surface area contributed by atoms with Gasteiger partial charge in [-0.05, 0) is 44.9 Å². The van der Waals surface area contributed by atoms with Crippen LogP contribution in [0, 0.1) is 12.5 Å². The van der Waals surface area contributed by atoms with Gasteiger partial charge in [0.2, 0.25) is 11.7 Å². The number of hydrogen-bond acceptors (Lipinski definition) is 6. The van der Waals surface area contributed by atoms with Crippen molar-refractivity contribution in [1.29, 1.82) is 5.53 Å². The fraction of sp³-hybridized carbons (Fsp3) is 0.455. The van der Waals surface area contributed by atoms with Crippen LogP contribution in [0.3, 0.4) is 0 Å². The van der Waals surface area contributed by atoms with Crippen LogP contribution >= 0.6 is 0 Å². The normalized spacial score (nSPS) is 12.8. The van der Waals surface area contributed by atoms with E-state index in [0.29, 0.717) is 6.42 Å². The van der Waals surface area contributed by atoms with Crippen molar-refractivity contribution in [3.8, 4) is 0 Å². The first-order chi connectivity index (χ1) is 14.7. The lowest BCUT2D eigenvalue weighted by Gasteiger charge is -2.21. The number of aromatic amines is 1. The Balaban J connectivity index is 2.14. The lowest BCUT2D eigenvalue weighted by atomic mass is 10.0. The molecule has 2 rings (SSSR count). The molecular weight excluding hydrogens is 400 g/mol. The molecule has 1 amide bonds. The monoisotopic (exact) mass is 429 g/mol. The van der Waals surface area contributed by atoms with E-state index in [-0.39, 0.29) is 18.9 Å². The molecule has 0 fully saturated rings. The maximum absolute atomic E-state index is 12.9. The number of Topliss-reactive ketones (excluding diaryl/α,β-unsaturated/α-hetero) is 1. The molecular formula is C22H29N4O5+. The van der Waals surface area contributed by atoms with Crippen LogP contribution in [0.15, 0.2) is 24.4 Å². The van der Waals surface area contributed by atoms with Crippen molar-refractivity contribution >= 4 is 34.8 Å². The number of amides is 1. The number of ether oxygens (including phenoxy) is 2. The number of rotatable bonds is 11. The molecule has 0 aliphatic carbocycles. The van der Waals surface area contributed by atoms with E-state index in [0.717, 1.165) is 28.2 Å². The number of methoxy groups -OCH3 is 1. The molecule has 1 aromatic heterocycles. The van der Waals surface area contributed by atoms with E-state index < -0.39 is 29.8 Å². The van der Waals surface area contributed by atoms with Crippen LogP contribution in [0.25, 0.3) is 10.9 Å². The highest BCUT2D eigenvalue weighted by atomic mass is 16.5. The fourth-order valence-electron chi connectivity index (χ4n) is 3.20. The Kier molecular flexibility index (Phi) is 8.66. The van der Waals surface area contributed by atoms with E-state index in [1.807, 2.05) is 31.3 Å². The number of fused-ring (bicyclic) bond motifs is 1. The Labute approximate surface area is 180 Å². The van der Waals surface area contributed by atoms with E-state index in [1.165, 1.54) is 7.11 Å². The molecule has 0 saturated carbocycles. The van der Waals surface area contributed by atoms with E-state index in [4.69, 9.17) is 15.0 Å². The van der Waals surface area contributed by atoms with Gasteiger partial charge in [0.25, 0.3) is 0 Å². The Morgan fingerprint density at radius 1 is 1.29 bits per heavy atom. The molecule has 0 aliphatic heterocycles. The van der Waals surface area contributed by atoms with Crippen LogP contribution in [0.1, 0.15) is 37.8 Å². The summed E-state index contributed by atoms with van der Waals surface area (Å²) in [5, 5.41) is 3.66. The highest BCUT2D eigenvalue weighted by molar-refractivity contribution is 6.25. The summed E-state index contributed by atoms with van der Waals surface area (Å²) in [7, 11) is 1.43. The zero-order valence-electron chi connectivity index (χ0n) is 18.2. The van der Waals surface area contributed by atoms with Gasteiger partial charge in [-0.15, -0.1) is 0 Å². The summed E-state index contributed by atoms with van der Waals surface area (Å²) < 4.78 is 10.6. The maximum atomic E-state index is 12.9. The van der Waals surface area contributed by atoms with Gasteiger partial charge in [-0.3, -0.25) is 9.59 Å². The lowest BCUT2D eigenvalue weighted by Crippen LogP contribution is -2.48. The van der Waals surface area contributed by atoms with Crippen molar-refractivity contribution in [2.45, 2.75) is 58.3 Å². The van der Waals surface area contributed by atoms with Crippen molar-refractivity contribution in [3.63, 3.8) is 0 Å². The van der Waals surface area contributed by atoms with Crippen LogP contribution in [0.2, 0.25) is 0 Å². The molecule has 1 heterocycles. The Morgan fingerprint density at radius 3 is 2.68 bits per heavy atom. The second-order valence-electron chi connectivity index (χ2n) is 7.60. The number of H-pyrrole nitrogens is 1. The highest BCUT2D eigenvalue weighted by Crippen LogP contribution is 2.21. The smallest absolute Gasteiger partial charge is 0.372 e. The number of carbonyl (C=O) groups is 3. The molecule has 9 heteroatoms. The van der Waals surface area contributed by atoms with Gasteiger partial charge in [-0.1, -0.05) is 11.6 Å². The molecule has 0 spiro atoms. The molecule has 0 radical (unpaired) electrons.